The second-order valence-corrected chi connectivity index (χ2v) is 8.12. The van der Waals surface area contributed by atoms with Gasteiger partial charge in [0.1, 0.15) is 11.4 Å². The maximum Gasteiger partial charge on any atom is 0.270 e. The summed E-state index contributed by atoms with van der Waals surface area (Å²) in [5.41, 5.74) is 2.81. The van der Waals surface area contributed by atoms with Crippen LogP contribution in [0.1, 0.15) is 29.4 Å². The summed E-state index contributed by atoms with van der Waals surface area (Å²) < 4.78 is 7.02. The van der Waals surface area contributed by atoms with Crippen LogP contribution in [-0.2, 0) is 6.42 Å². The molecule has 2 aromatic carbocycles. The van der Waals surface area contributed by atoms with E-state index >= 15 is 0 Å². The van der Waals surface area contributed by atoms with Crippen molar-refractivity contribution in [2.45, 2.75) is 25.8 Å². The Hall–Kier alpha value is -3.02. The van der Waals surface area contributed by atoms with E-state index in [2.05, 4.69) is 22.5 Å². The van der Waals surface area contributed by atoms with Gasteiger partial charge >= 0.3 is 0 Å². The van der Waals surface area contributed by atoms with Crippen molar-refractivity contribution in [2.75, 3.05) is 0 Å². The fourth-order valence-corrected chi connectivity index (χ4v) is 3.59. The van der Waals surface area contributed by atoms with Gasteiger partial charge in [0.15, 0.2) is 5.76 Å². The van der Waals surface area contributed by atoms with Gasteiger partial charge in [-0.3, -0.25) is 4.79 Å². The number of furan rings is 1. The number of rotatable bonds is 7. The zero-order valence-electron chi connectivity index (χ0n) is 16.9. The number of carbonyl (C=O) groups excluding carboxylic acids is 1. The highest BCUT2D eigenvalue weighted by Gasteiger charge is 2.20. The number of nitrogens with zero attached hydrogens (tertiary/aromatic N) is 2. The second-order valence-electron chi connectivity index (χ2n) is 7.30. The van der Waals surface area contributed by atoms with E-state index in [0.717, 1.165) is 12.8 Å². The van der Waals surface area contributed by atoms with Gasteiger partial charge < -0.3 is 9.73 Å². The predicted molar refractivity (Wildman–Crippen MR) is 123 cm³/mol. The van der Waals surface area contributed by atoms with Crippen molar-refractivity contribution in [3.8, 4) is 17.1 Å². The van der Waals surface area contributed by atoms with E-state index in [1.54, 1.807) is 47.3 Å². The van der Waals surface area contributed by atoms with Gasteiger partial charge in [0.25, 0.3) is 5.91 Å². The summed E-state index contributed by atoms with van der Waals surface area (Å²) in [7, 11) is 0. The van der Waals surface area contributed by atoms with Crippen LogP contribution in [-0.4, -0.2) is 21.7 Å². The van der Waals surface area contributed by atoms with Crippen LogP contribution in [0.4, 0.5) is 0 Å². The summed E-state index contributed by atoms with van der Waals surface area (Å²) in [5.74, 6) is 0.349. The quantitative estimate of drug-likeness (QED) is 0.362. The third-order valence-corrected chi connectivity index (χ3v) is 5.69. The van der Waals surface area contributed by atoms with Crippen molar-refractivity contribution in [3.05, 3.63) is 94.3 Å². The van der Waals surface area contributed by atoms with Gasteiger partial charge in [0, 0.05) is 12.1 Å². The molecule has 0 saturated carbocycles. The van der Waals surface area contributed by atoms with Crippen LogP contribution in [0.5, 0.6) is 0 Å². The first-order valence-corrected chi connectivity index (χ1v) is 10.7. The molecular formula is C24H21Cl2N3O2. The zero-order valence-corrected chi connectivity index (χ0v) is 18.4. The van der Waals surface area contributed by atoms with Crippen LogP contribution in [0.15, 0.2) is 77.4 Å². The maximum atomic E-state index is 13.1. The normalized spacial score (nSPS) is 12.0. The van der Waals surface area contributed by atoms with Gasteiger partial charge in [-0.15, -0.1) is 0 Å². The molecule has 0 aliphatic rings. The number of aromatic nitrogens is 2. The van der Waals surface area contributed by atoms with Crippen molar-refractivity contribution < 1.29 is 9.21 Å². The van der Waals surface area contributed by atoms with Crippen molar-refractivity contribution >= 4 is 29.1 Å². The number of hydrogen-bond donors (Lipinski definition) is 1. The first-order chi connectivity index (χ1) is 15.0. The summed E-state index contributed by atoms with van der Waals surface area (Å²) in [6.45, 7) is 1.99. The molecule has 4 aromatic rings. The highest BCUT2D eigenvalue weighted by atomic mass is 35.5. The minimum Gasteiger partial charge on any atom is -0.463 e. The van der Waals surface area contributed by atoms with Crippen LogP contribution >= 0.6 is 23.2 Å². The fourth-order valence-electron chi connectivity index (χ4n) is 3.30. The van der Waals surface area contributed by atoms with Crippen LogP contribution in [0, 0.1) is 0 Å². The molecule has 0 spiro atoms. The molecule has 2 heterocycles. The summed E-state index contributed by atoms with van der Waals surface area (Å²) in [5, 5.41) is 8.47. The van der Waals surface area contributed by atoms with E-state index in [4.69, 9.17) is 27.6 Å². The summed E-state index contributed by atoms with van der Waals surface area (Å²) in [6, 6.07) is 20.6. The largest absolute Gasteiger partial charge is 0.463 e. The molecule has 0 aliphatic heterocycles. The Labute approximate surface area is 190 Å². The van der Waals surface area contributed by atoms with Gasteiger partial charge in [-0.05, 0) is 55.7 Å². The molecule has 158 valence electrons. The summed E-state index contributed by atoms with van der Waals surface area (Å²) in [6.07, 6.45) is 3.27. The van der Waals surface area contributed by atoms with Crippen LogP contribution in [0.25, 0.3) is 17.1 Å². The Morgan fingerprint density at radius 3 is 2.58 bits per heavy atom. The molecule has 31 heavy (non-hydrogen) atoms. The predicted octanol–water partition coefficient (Wildman–Crippen LogP) is 6.19. The van der Waals surface area contributed by atoms with Crippen molar-refractivity contribution in [2.24, 2.45) is 0 Å². The molecule has 1 unspecified atom stereocenters. The topological polar surface area (TPSA) is 60.1 Å². The van der Waals surface area contributed by atoms with E-state index in [1.807, 2.05) is 25.1 Å². The van der Waals surface area contributed by atoms with Gasteiger partial charge in [0.2, 0.25) is 0 Å². The third-order valence-electron chi connectivity index (χ3n) is 4.95. The second kappa shape index (κ2) is 9.41. The fraction of sp³-hybridized carbons (Fsp3) is 0.167. The zero-order chi connectivity index (χ0) is 21.8. The molecule has 0 radical (unpaired) electrons. The minimum atomic E-state index is -0.225. The smallest absolute Gasteiger partial charge is 0.270 e. The molecule has 1 atom stereocenters. The maximum absolute atomic E-state index is 13.1. The van der Waals surface area contributed by atoms with E-state index in [1.165, 1.54) is 5.56 Å². The standard InChI is InChI=1S/C24H21Cl2N3O2/c1-16(9-10-17-6-3-2-4-7-17)27-24(30)22-15-21(23-8-5-13-31-23)28-29(22)18-11-12-19(25)20(26)14-18/h2-8,11-16H,9-10H2,1H3,(H,27,30). The van der Waals surface area contributed by atoms with E-state index in [-0.39, 0.29) is 11.9 Å². The van der Waals surface area contributed by atoms with Crippen molar-refractivity contribution in [3.63, 3.8) is 0 Å². The molecule has 1 N–H and O–H groups in total. The average Bonchev–Trinajstić information content (AvgIpc) is 3.45. The van der Waals surface area contributed by atoms with Gasteiger partial charge in [-0.25, -0.2) is 4.68 Å². The van der Waals surface area contributed by atoms with E-state index in [9.17, 15) is 4.79 Å². The first kappa shape index (κ1) is 21.2. The number of nitrogens with one attached hydrogen (secondary N) is 1. The molecule has 4 rings (SSSR count). The lowest BCUT2D eigenvalue weighted by molar-refractivity contribution is 0.0930. The van der Waals surface area contributed by atoms with Crippen LogP contribution in [0.3, 0.4) is 0 Å². The Bertz CT molecular complexity index is 1170. The summed E-state index contributed by atoms with van der Waals surface area (Å²) >= 11 is 12.2. The van der Waals surface area contributed by atoms with E-state index in [0.29, 0.717) is 32.9 Å². The molecule has 5 nitrogen and oxygen atoms in total. The van der Waals surface area contributed by atoms with Crippen LogP contribution in [0.2, 0.25) is 10.0 Å². The lowest BCUT2D eigenvalue weighted by Crippen LogP contribution is -2.34. The Morgan fingerprint density at radius 1 is 1.06 bits per heavy atom. The Kier molecular flexibility index (Phi) is 6.44. The SMILES string of the molecule is CC(CCc1ccccc1)NC(=O)c1cc(-c2ccco2)nn1-c1ccc(Cl)c(Cl)c1. The van der Waals surface area contributed by atoms with Crippen molar-refractivity contribution in [1.82, 2.24) is 15.1 Å². The van der Waals surface area contributed by atoms with Gasteiger partial charge in [-0.1, -0.05) is 53.5 Å². The molecule has 2 aromatic heterocycles. The molecule has 0 saturated heterocycles. The number of halogens is 2. The lowest BCUT2D eigenvalue weighted by atomic mass is 10.1. The average molecular weight is 454 g/mol. The van der Waals surface area contributed by atoms with E-state index < -0.39 is 0 Å². The number of hydrogen-bond acceptors (Lipinski definition) is 3. The monoisotopic (exact) mass is 453 g/mol. The molecule has 7 heteroatoms. The number of amides is 1. The third kappa shape index (κ3) is 5.01. The highest BCUT2D eigenvalue weighted by molar-refractivity contribution is 6.42. The molecule has 0 aliphatic carbocycles. The lowest BCUT2D eigenvalue weighted by Gasteiger charge is -2.15. The van der Waals surface area contributed by atoms with Gasteiger partial charge in [-0.2, -0.15) is 5.10 Å². The number of carbonyl (C=O) groups is 1. The molecule has 1 amide bonds. The molecule has 0 fully saturated rings. The van der Waals surface area contributed by atoms with Crippen LogP contribution < -0.4 is 5.32 Å². The highest BCUT2D eigenvalue weighted by Crippen LogP contribution is 2.27. The molecule has 0 bridgehead atoms. The first-order valence-electron chi connectivity index (χ1n) is 9.95. The molecular weight excluding hydrogens is 433 g/mol. The number of benzene rings is 2. The van der Waals surface area contributed by atoms with Gasteiger partial charge in [0.05, 0.1) is 22.0 Å². The minimum absolute atomic E-state index is 0.0167. The number of aryl methyl sites for hydroxylation is 1. The summed E-state index contributed by atoms with van der Waals surface area (Å²) in [4.78, 5) is 13.1. The van der Waals surface area contributed by atoms with Crippen molar-refractivity contribution in [1.29, 1.82) is 0 Å². The Balaban J connectivity index is 1.58. The Morgan fingerprint density at radius 2 is 1.87 bits per heavy atom.